The zero-order valence-electron chi connectivity index (χ0n) is 17.9. The highest BCUT2D eigenvalue weighted by atomic mass is 16.5. The molecule has 2 fully saturated rings. The van der Waals surface area contributed by atoms with Gasteiger partial charge in [-0.3, -0.25) is 4.79 Å². The van der Waals surface area contributed by atoms with E-state index in [1.165, 1.54) is 33.0 Å². The van der Waals surface area contributed by atoms with Crippen molar-refractivity contribution in [3.05, 3.63) is 47.7 Å². The highest BCUT2D eigenvalue weighted by molar-refractivity contribution is 5.93. The molecule has 0 unspecified atom stereocenters. The van der Waals surface area contributed by atoms with E-state index >= 15 is 0 Å². The number of amides is 1. The van der Waals surface area contributed by atoms with Crippen LogP contribution in [-0.4, -0.2) is 74.2 Å². The monoisotopic (exact) mass is 412 g/mol. The molecular formula is C22H32N6O2. The molecule has 0 saturated carbocycles. The smallest absolute Gasteiger partial charge is 0.318 e. The number of carbonyl (C=O) groups excluding carboxylic acids is 1. The Morgan fingerprint density at radius 1 is 1.10 bits per heavy atom. The normalized spacial score (nSPS) is 16.5. The number of likely N-dealkylation sites (tertiary alicyclic amines) is 1. The lowest BCUT2D eigenvalue weighted by Gasteiger charge is -2.28. The summed E-state index contributed by atoms with van der Waals surface area (Å²) < 4.78 is 5.15. The number of hydrogen-bond donors (Lipinski definition) is 2. The van der Waals surface area contributed by atoms with E-state index in [0.717, 1.165) is 31.7 Å². The van der Waals surface area contributed by atoms with E-state index in [1.54, 1.807) is 6.07 Å². The number of aromatic nitrogens is 2. The number of nitrogens with zero attached hydrogens (tertiary/aromatic N) is 4. The van der Waals surface area contributed by atoms with Gasteiger partial charge in [0.1, 0.15) is 11.5 Å². The van der Waals surface area contributed by atoms with Gasteiger partial charge in [-0.05, 0) is 38.5 Å². The number of piperazine rings is 1. The molecule has 0 bridgehead atoms. The van der Waals surface area contributed by atoms with Gasteiger partial charge in [-0.15, -0.1) is 0 Å². The van der Waals surface area contributed by atoms with Crippen LogP contribution in [0.4, 0.5) is 5.82 Å². The number of ether oxygens (including phenoxy) is 1. The van der Waals surface area contributed by atoms with Crippen molar-refractivity contribution in [2.75, 3.05) is 58.3 Å². The molecular weight excluding hydrogens is 380 g/mol. The molecule has 2 N–H and O–H groups in total. The lowest BCUT2D eigenvalue weighted by atomic mass is 10.2. The van der Waals surface area contributed by atoms with Crippen molar-refractivity contribution in [1.82, 2.24) is 25.5 Å². The Balaban J connectivity index is 0.000000367. The molecule has 162 valence electrons. The average molecular weight is 413 g/mol. The Morgan fingerprint density at radius 3 is 2.40 bits per heavy atom. The van der Waals surface area contributed by atoms with Crippen LogP contribution in [0.3, 0.4) is 0 Å². The topological polar surface area (TPSA) is 82.6 Å². The average Bonchev–Trinajstić information content (AvgIpc) is 3.29. The summed E-state index contributed by atoms with van der Waals surface area (Å²) >= 11 is 0. The third-order valence-electron chi connectivity index (χ3n) is 5.17. The predicted molar refractivity (Wildman–Crippen MR) is 118 cm³/mol. The Morgan fingerprint density at radius 2 is 1.80 bits per heavy atom. The van der Waals surface area contributed by atoms with Crippen LogP contribution in [0.25, 0.3) is 0 Å². The van der Waals surface area contributed by atoms with Crippen LogP contribution in [-0.2, 0) is 6.54 Å². The first-order valence-electron chi connectivity index (χ1n) is 10.5. The minimum atomic E-state index is -0.240. The molecule has 2 aliphatic heterocycles. The number of nitrogens with one attached hydrogen (secondary N) is 2. The first-order chi connectivity index (χ1) is 14.7. The van der Waals surface area contributed by atoms with Gasteiger partial charge in [0.05, 0.1) is 7.11 Å². The maximum Gasteiger partial charge on any atom is 0.318 e. The fourth-order valence-electron chi connectivity index (χ4n) is 3.42. The zero-order chi connectivity index (χ0) is 21.2. The molecule has 4 rings (SSSR count). The van der Waals surface area contributed by atoms with Gasteiger partial charge in [-0.1, -0.05) is 30.3 Å². The van der Waals surface area contributed by atoms with E-state index < -0.39 is 0 Å². The second kappa shape index (κ2) is 11.5. The summed E-state index contributed by atoms with van der Waals surface area (Å²) in [4.78, 5) is 25.4. The van der Waals surface area contributed by atoms with Crippen LogP contribution in [0.2, 0.25) is 0 Å². The highest BCUT2D eigenvalue weighted by Crippen LogP contribution is 2.17. The minimum Gasteiger partial charge on any atom is -0.467 e. The Hall–Kier alpha value is -2.71. The number of methoxy groups -OCH3 is 1. The van der Waals surface area contributed by atoms with Gasteiger partial charge >= 0.3 is 6.01 Å². The van der Waals surface area contributed by atoms with Crippen molar-refractivity contribution in [3.63, 3.8) is 0 Å². The highest BCUT2D eigenvalue weighted by Gasteiger charge is 2.17. The molecule has 0 aliphatic carbocycles. The van der Waals surface area contributed by atoms with Gasteiger partial charge in [0.15, 0.2) is 0 Å². The van der Waals surface area contributed by atoms with Crippen LogP contribution in [0.1, 0.15) is 28.9 Å². The molecule has 8 heteroatoms. The summed E-state index contributed by atoms with van der Waals surface area (Å²) in [6.45, 7) is 6.55. The maximum absolute atomic E-state index is 12.4. The van der Waals surface area contributed by atoms with Gasteiger partial charge in [-0.25, -0.2) is 0 Å². The van der Waals surface area contributed by atoms with Crippen molar-refractivity contribution < 1.29 is 9.53 Å². The Labute approximate surface area is 178 Å². The van der Waals surface area contributed by atoms with E-state index in [0.29, 0.717) is 18.1 Å². The van der Waals surface area contributed by atoms with Gasteiger partial charge in [0.2, 0.25) is 0 Å². The van der Waals surface area contributed by atoms with Crippen molar-refractivity contribution in [3.8, 4) is 6.01 Å². The first-order valence-corrected chi connectivity index (χ1v) is 10.5. The second-order valence-corrected chi connectivity index (χ2v) is 7.51. The molecule has 0 atom stereocenters. The molecule has 3 heterocycles. The molecule has 1 amide bonds. The van der Waals surface area contributed by atoms with Gasteiger partial charge < -0.3 is 25.2 Å². The molecule has 1 aromatic heterocycles. The lowest BCUT2D eigenvalue weighted by molar-refractivity contribution is 0.0944. The standard InChI is InChI=1S/C17H21N5O2.C5H11N/c1-24-17-20-14(11-15(21-17)22-9-7-18-8-10-22)16(23)19-12-13-5-3-2-4-6-13;1-6-4-2-3-5-6/h2-6,11,18H,7-10,12H2,1H3,(H,19,23);2-5H2,1H3. The third-order valence-corrected chi connectivity index (χ3v) is 5.17. The lowest BCUT2D eigenvalue weighted by Crippen LogP contribution is -2.44. The van der Waals surface area contributed by atoms with Crippen molar-refractivity contribution in [2.24, 2.45) is 0 Å². The quantitative estimate of drug-likeness (QED) is 0.771. The largest absolute Gasteiger partial charge is 0.467 e. The summed E-state index contributed by atoms with van der Waals surface area (Å²) in [6, 6.07) is 11.7. The SMILES string of the molecule is CN1CCCC1.COc1nc(C(=O)NCc2ccccc2)cc(N2CCNCC2)n1. The maximum atomic E-state index is 12.4. The van der Waals surface area contributed by atoms with Crippen LogP contribution in [0.5, 0.6) is 6.01 Å². The van der Waals surface area contributed by atoms with E-state index in [2.05, 4.69) is 37.4 Å². The Bertz CT molecular complexity index is 789. The van der Waals surface area contributed by atoms with Crippen LogP contribution in [0.15, 0.2) is 36.4 Å². The van der Waals surface area contributed by atoms with Crippen LogP contribution >= 0.6 is 0 Å². The molecule has 30 heavy (non-hydrogen) atoms. The summed E-state index contributed by atoms with van der Waals surface area (Å²) in [5.41, 5.74) is 1.35. The first kappa shape index (κ1) is 22.0. The molecule has 2 saturated heterocycles. The third kappa shape index (κ3) is 6.67. The fourth-order valence-corrected chi connectivity index (χ4v) is 3.42. The van der Waals surface area contributed by atoms with E-state index in [9.17, 15) is 4.79 Å². The van der Waals surface area contributed by atoms with Crippen LogP contribution < -0.4 is 20.3 Å². The number of hydrogen-bond acceptors (Lipinski definition) is 7. The van der Waals surface area contributed by atoms with Gasteiger partial charge in [-0.2, -0.15) is 9.97 Å². The van der Waals surface area contributed by atoms with Crippen molar-refractivity contribution >= 4 is 11.7 Å². The molecule has 0 spiro atoms. The van der Waals surface area contributed by atoms with Crippen LogP contribution in [0, 0.1) is 0 Å². The second-order valence-electron chi connectivity index (χ2n) is 7.51. The summed E-state index contributed by atoms with van der Waals surface area (Å²) in [7, 11) is 3.68. The summed E-state index contributed by atoms with van der Waals surface area (Å²) in [5.74, 6) is 0.476. The summed E-state index contributed by atoms with van der Waals surface area (Å²) in [5, 5.41) is 6.17. The molecule has 2 aromatic rings. The fraction of sp³-hybridized carbons (Fsp3) is 0.500. The number of carbonyl (C=O) groups is 1. The van der Waals surface area contributed by atoms with E-state index in [4.69, 9.17) is 4.74 Å². The zero-order valence-corrected chi connectivity index (χ0v) is 17.9. The molecule has 1 aromatic carbocycles. The number of anilines is 1. The minimum absolute atomic E-state index is 0.205. The number of rotatable bonds is 5. The van der Waals surface area contributed by atoms with Crippen molar-refractivity contribution in [1.29, 1.82) is 0 Å². The summed E-state index contributed by atoms with van der Waals surface area (Å²) in [6.07, 6.45) is 2.83. The van der Waals surface area contributed by atoms with Gasteiger partial charge in [0, 0.05) is 38.8 Å². The van der Waals surface area contributed by atoms with Gasteiger partial charge in [0.25, 0.3) is 5.91 Å². The Kier molecular flexibility index (Phi) is 8.41. The van der Waals surface area contributed by atoms with E-state index in [1.807, 2.05) is 30.3 Å². The number of benzene rings is 1. The van der Waals surface area contributed by atoms with Crippen molar-refractivity contribution in [2.45, 2.75) is 19.4 Å². The molecule has 2 aliphatic rings. The predicted octanol–water partition coefficient (Wildman–Crippen LogP) is 1.54. The molecule has 0 radical (unpaired) electrons. The molecule has 8 nitrogen and oxygen atoms in total. The van der Waals surface area contributed by atoms with E-state index in [-0.39, 0.29) is 11.9 Å².